The van der Waals surface area contributed by atoms with E-state index in [-0.39, 0.29) is 0 Å². The third-order valence-electron chi connectivity index (χ3n) is 19.2. The van der Waals surface area contributed by atoms with Crippen LogP contribution in [0, 0.1) is 148 Å². The topological polar surface area (TPSA) is 0 Å². The zero-order valence-electron chi connectivity index (χ0n) is 56.2. The quantitative estimate of drug-likeness (QED) is 0.0894. The summed E-state index contributed by atoms with van der Waals surface area (Å²) >= 11 is 0. The van der Waals surface area contributed by atoms with E-state index >= 15 is 0 Å². The van der Waals surface area contributed by atoms with Crippen molar-refractivity contribution in [2.45, 2.75) is 0 Å². The highest BCUT2D eigenvalue weighted by molar-refractivity contribution is 6.22. The number of terminal acetylenes is 12. The van der Waals surface area contributed by atoms with E-state index < -0.39 is 0 Å². The van der Waals surface area contributed by atoms with Gasteiger partial charge in [-0.3, -0.25) is 0 Å². The molecular formula is C104H54. The molecule has 104 heavy (non-hydrogen) atoms. The molecule has 14 rings (SSSR count). The van der Waals surface area contributed by atoms with E-state index in [0.717, 1.165) is 144 Å². The van der Waals surface area contributed by atoms with Crippen LogP contribution in [0.4, 0.5) is 0 Å². The third kappa shape index (κ3) is 11.4. The van der Waals surface area contributed by atoms with Crippen molar-refractivity contribution in [2.75, 3.05) is 0 Å². The lowest BCUT2D eigenvalue weighted by Crippen LogP contribution is -1.97. The van der Waals surface area contributed by atoms with Gasteiger partial charge < -0.3 is 0 Å². The van der Waals surface area contributed by atoms with Crippen LogP contribution >= 0.6 is 0 Å². The van der Waals surface area contributed by atoms with Crippen molar-refractivity contribution in [1.82, 2.24) is 0 Å². The normalized spacial score (nSPS) is 10.4. The molecule has 0 bridgehead atoms. The molecule has 0 aliphatic heterocycles. The number of hydrogen-bond acceptors (Lipinski definition) is 0. The molecule has 0 nitrogen and oxygen atoms in total. The fraction of sp³-hybridized carbons (Fsp3) is 0. The molecule has 0 heterocycles. The van der Waals surface area contributed by atoms with Gasteiger partial charge in [0.15, 0.2) is 0 Å². The van der Waals surface area contributed by atoms with Gasteiger partial charge in [0, 0.05) is 66.8 Å². The highest BCUT2D eigenvalue weighted by Gasteiger charge is 2.25. The van der Waals surface area contributed by atoms with Crippen molar-refractivity contribution in [3.05, 3.63) is 322 Å². The Kier molecular flexibility index (Phi) is 17.7. The van der Waals surface area contributed by atoms with Crippen molar-refractivity contribution in [1.29, 1.82) is 0 Å². The summed E-state index contributed by atoms with van der Waals surface area (Å²) in [6.07, 6.45) is 75.3. The molecule has 14 aromatic carbocycles. The highest BCUT2D eigenvalue weighted by Crippen LogP contribution is 2.50. The van der Waals surface area contributed by atoms with Gasteiger partial charge in [0.25, 0.3) is 0 Å². The second-order valence-electron chi connectivity index (χ2n) is 24.6. The maximum atomic E-state index is 6.40. The molecular weight excluding hydrogens is 1250 g/mol. The number of benzene rings is 14. The molecule has 0 amide bonds. The van der Waals surface area contributed by atoms with Crippen LogP contribution in [0.5, 0.6) is 0 Å². The number of fused-ring (bicyclic) bond motifs is 2. The van der Waals surface area contributed by atoms with Crippen molar-refractivity contribution in [3.63, 3.8) is 0 Å². The van der Waals surface area contributed by atoms with E-state index in [4.69, 9.17) is 77.1 Å². The average Bonchev–Trinajstić information content (AvgIpc) is 0.715. The van der Waals surface area contributed by atoms with Crippen molar-refractivity contribution in [3.8, 4) is 271 Å². The smallest absolute Gasteiger partial charge is 0.0477 e. The van der Waals surface area contributed by atoms with Crippen LogP contribution in [-0.4, -0.2) is 0 Å². The minimum Gasteiger partial charge on any atom is -0.115 e. The molecule has 0 radical (unpaired) electrons. The number of rotatable bonds is 11. The molecule has 14 aromatic rings. The Balaban J connectivity index is 1.09. The summed E-state index contributed by atoms with van der Waals surface area (Å²) in [5.41, 5.74) is 25.5. The van der Waals surface area contributed by atoms with E-state index in [9.17, 15) is 0 Å². The van der Waals surface area contributed by atoms with Crippen LogP contribution in [0.1, 0.15) is 66.8 Å². The predicted molar refractivity (Wildman–Crippen MR) is 436 cm³/mol. The molecule has 0 aromatic heterocycles. The van der Waals surface area contributed by atoms with Crippen LogP contribution in [-0.2, 0) is 0 Å². The van der Waals surface area contributed by atoms with Gasteiger partial charge in [0.05, 0.1) is 0 Å². The summed E-state index contributed by atoms with van der Waals surface area (Å²) in [6.45, 7) is 0. The van der Waals surface area contributed by atoms with Crippen molar-refractivity contribution >= 4 is 21.5 Å². The van der Waals surface area contributed by atoms with Gasteiger partial charge in [-0.15, -0.1) is 77.1 Å². The minimum atomic E-state index is 0.570. The van der Waals surface area contributed by atoms with Crippen molar-refractivity contribution < 1.29 is 0 Å². The molecule has 0 spiro atoms. The van der Waals surface area contributed by atoms with E-state index in [1.165, 1.54) is 0 Å². The maximum absolute atomic E-state index is 6.40. The molecule has 0 aliphatic carbocycles. The Bertz CT molecular complexity index is 6050. The first kappa shape index (κ1) is 65.6. The van der Waals surface area contributed by atoms with Crippen molar-refractivity contribution in [2.24, 2.45) is 0 Å². The minimum absolute atomic E-state index is 0.570. The lowest BCUT2D eigenvalue weighted by molar-refractivity contribution is 1.51. The summed E-state index contributed by atoms with van der Waals surface area (Å²) in [6, 6.07) is 86.0. The molecule has 0 atom stereocenters. The largest absolute Gasteiger partial charge is 0.115 e. The van der Waals surface area contributed by atoms with Crippen LogP contribution in [0.2, 0.25) is 0 Å². The highest BCUT2D eigenvalue weighted by atomic mass is 14.3. The number of hydrogen-bond donors (Lipinski definition) is 0. The Morgan fingerprint density at radius 2 is 0.346 bits per heavy atom. The zero-order chi connectivity index (χ0) is 72.1. The second-order valence-corrected chi connectivity index (χ2v) is 24.6. The van der Waals surface area contributed by atoms with Gasteiger partial charge in [-0.1, -0.05) is 229 Å². The SMILES string of the molecule is C#Cc1cccc(-c2cc(-c3cc(-c4cc(-c5cccc(C#C)c5C#C)cc(-c5cccc(C#C)c5C#C)c4)cc(-c4c5ccccc5c(-c5cccc(-c6c(-c7cccc(C#C)c7C#C)cccc6-c6cccc(C#C)c6C#C)c5)c5ccccc45)c3)cc(-c3cccc(C#C)c3C#C)c2)c1C#C. The molecule has 0 fully saturated rings. The fourth-order valence-corrected chi connectivity index (χ4v) is 14.6. The molecule has 0 unspecified atom stereocenters. The third-order valence-corrected chi connectivity index (χ3v) is 19.2. The van der Waals surface area contributed by atoms with Gasteiger partial charge in [-0.05, 0) is 241 Å². The van der Waals surface area contributed by atoms with Gasteiger partial charge in [-0.25, -0.2) is 0 Å². The van der Waals surface area contributed by atoms with E-state index in [1.54, 1.807) is 0 Å². The Hall–Kier alpha value is -15.7. The summed E-state index contributed by atoms with van der Waals surface area (Å²) in [5, 5.41) is 3.96. The average molecular weight is 1300 g/mol. The standard InChI is InChI=1S/C104H54/c1-13-67-37-30-49-90(84(67)19-7)79-59-77(60-80(65-79)91-50-31-38-68(14-2)85(91)20-8)75-58-76(78-61-81(92-51-32-39-69(15-3)86(92)21-9)66-82(62-78)93-52-33-40-70(16-4)87(93)22-10)64-83(63-75)104-100-47-27-25-45-98(100)103(99-46-26-28-48-101(99)104)74-44-29-43-73(57-74)102-96(94-53-34-41-71(17-5)88(94)23-11)55-36-56-97(102)95-54-35-42-72(18-6)89(95)24-12/h1-12,25-66H. The maximum Gasteiger partial charge on any atom is 0.0477 e. The second kappa shape index (κ2) is 28.0. The lowest BCUT2D eigenvalue weighted by Gasteiger charge is -2.21. The molecule has 0 N–H and O–H groups in total. The Morgan fingerprint density at radius 3 is 0.635 bits per heavy atom. The molecule has 0 heteroatoms. The Labute approximate surface area is 609 Å². The van der Waals surface area contributed by atoms with Gasteiger partial charge >= 0.3 is 0 Å². The summed E-state index contributed by atoms with van der Waals surface area (Å²) in [4.78, 5) is 0. The van der Waals surface area contributed by atoms with Crippen LogP contribution < -0.4 is 0 Å². The first-order valence-corrected chi connectivity index (χ1v) is 33.1. The predicted octanol–water partition coefficient (Wildman–Crippen LogP) is 22.1. The molecule has 0 saturated heterocycles. The summed E-state index contributed by atoms with van der Waals surface area (Å²) in [7, 11) is 0. The fourth-order valence-electron chi connectivity index (χ4n) is 14.6. The van der Waals surface area contributed by atoms with E-state index in [1.807, 2.05) is 115 Å². The summed E-state index contributed by atoms with van der Waals surface area (Å²) in [5.74, 6) is 34.5. The molecule has 470 valence electrons. The van der Waals surface area contributed by atoms with Crippen LogP contribution in [0.25, 0.3) is 144 Å². The van der Waals surface area contributed by atoms with Crippen LogP contribution in [0.15, 0.2) is 255 Å². The lowest BCUT2D eigenvalue weighted by atomic mass is 9.81. The monoisotopic (exact) mass is 1300 g/mol. The zero-order valence-corrected chi connectivity index (χ0v) is 56.2. The van der Waals surface area contributed by atoms with E-state index in [0.29, 0.717) is 66.8 Å². The van der Waals surface area contributed by atoms with Gasteiger partial charge in [0.2, 0.25) is 0 Å². The first-order valence-electron chi connectivity index (χ1n) is 33.1. The molecule has 0 aliphatic rings. The van der Waals surface area contributed by atoms with Crippen LogP contribution in [0.3, 0.4) is 0 Å². The molecule has 0 saturated carbocycles. The van der Waals surface area contributed by atoms with E-state index in [2.05, 4.69) is 211 Å². The summed E-state index contributed by atoms with van der Waals surface area (Å²) < 4.78 is 0. The Morgan fingerprint density at radius 1 is 0.144 bits per heavy atom. The van der Waals surface area contributed by atoms with Gasteiger partial charge in [0.1, 0.15) is 0 Å². The van der Waals surface area contributed by atoms with Gasteiger partial charge in [-0.2, -0.15) is 0 Å². The first-order chi connectivity index (χ1) is 51.0.